The normalized spacial score (nSPS) is 13.4. The molecule has 0 aromatic heterocycles. The summed E-state index contributed by atoms with van der Waals surface area (Å²) in [7, 11) is -4.00. The zero-order valence-corrected chi connectivity index (χ0v) is 18.0. The summed E-state index contributed by atoms with van der Waals surface area (Å²) in [5.41, 5.74) is 0. The lowest BCUT2D eigenvalue weighted by molar-refractivity contribution is 0.199. The van der Waals surface area contributed by atoms with E-state index in [2.05, 4.69) is 6.92 Å². The van der Waals surface area contributed by atoms with E-state index in [0.29, 0.717) is 5.75 Å². The monoisotopic (exact) mass is 398 g/mol. The largest absolute Gasteiger partial charge is 0.527 e. The van der Waals surface area contributed by atoms with Gasteiger partial charge in [0.15, 0.2) is 0 Å². The lowest BCUT2D eigenvalue weighted by Crippen LogP contribution is -1.99. The molecule has 1 aromatic rings. The van der Waals surface area contributed by atoms with Crippen molar-refractivity contribution in [3.05, 3.63) is 30.3 Å². The molecule has 156 valence electrons. The first-order valence-corrected chi connectivity index (χ1v) is 12.4. The van der Waals surface area contributed by atoms with Crippen LogP contribution in [-0.2, 0) is 9.09 Å². The summed E-state index contributed by atoms with van der Waals surface area (Å²) < 4.78 is 21.9. The van der Waals surface area contributed by atoms with Crippen LogP contribution in [0.1, 0.15) is 96.8 Å². The third-order valence-corrected chi connectivity index (χ3v) is 5.67. The van der Waals surface area contributed by atoms with Crippen LogP contribution in [0.25, 0.3) is 0 Å². The quantitative estimate of drug-likeness (QED) is 0.204. The Kier molecular flexibility index (Phi) is 14.5. The molecule has 0 amide bonds. The molecule has 0 saturated heterocycles. The van der Waals surface area contributed by atoms with Crippen molar-refractivity contribution < 1.29 is 18.5 Å². The van der Waals surface area contributed by atoms with E-state index in [1.54, 1.807) is 24.3 Å². The Morgan fingerprint density at radius 3 is 1.67 bits per heavy atom. The van der Waals surface area contributed by atoms with E-state index in [4.69, 9.17) is 9.05 Å². The average molecular weight is 399 g/mol. The molecular formula is C22H39O4P. The smallest absolute Gasteiger partial charge is 0.404 e. The Morgan fingerprint density at radius 1 is 0.741 bits per heavy atom. The van der Waals surface area contributed by atoms with Crippen LogP contribution in [0.2, 0.25) is 0 Å². The number of benzene rings is 1. The second-order valence-corrected chi connectivity index (χ2v) is 8.68. The number of phosphoric acid groups is 1. The van der Waals surface area contributed by atoms with Crippen molar-refractivity contribution in [2.75, 3.05) is 6.61 Å². The summed E-state index contributed by atoms with van der Waals surface area (Å²) in [5, 5.41) is 0. The number of hydrogen-bond acceptors (Lipinski definition) is 3. The first kappa shape index (κ1) is 24.2. The molecule has 0 fully saturated rings. The van der Waals surface area contributed by atoms with Gasteiger partial charge in [0.05, 0.1) is 6.61 Å². The van der Waals surface area contributed by atoms with Crippen molar-refractivity contribution in [2.45, 2.75) is 96.8 Å². The van der Waals surface area contributed by atoms with Gasteiger partial charge in [-0.3, -0.25) is 9.42 Å². The van der Waals surface area contributed by atoms with Crippen LogP contribution in [0.3, 0.4) is 0 Å². The Bertz CT molecular complexity index is 492. The van der Waals surface area contributed by atoms with Crippen molar-refractivity contribution in [3.63, 3.8) is 0 Å². The van der Waals surface area contributed by atoms with Crippen molar-refractivity contribution in [1.29, 1.82) is 0 Å². The molecule has 1 rings (SSSR count). The predicted octanol–water partition coefficient (Wildman–Crippen LogP) is 7.66. The third kappa shape index (κ3) is 14.8. The molecule has 0 aliphatic carbocycles. The van der Waals surface area contributed by atoms with Crippen LogP contribution in [-0.4, -0.2) is 11.5 Å². The Hall–Kier alpha value is -0.830. The van der Waals surface area contributed by atoms with Gasteiger partial charge in [-0.15, -0.1) is 0 Å². The SMILES string of the molecule is CCCCCCCCCCCCCCCCOP(=O)(O)Oc1ccccc1. The van der Waals surface area contributed by atoms with Crippen LogP contribution in [0.4, 0.5) is 0 Å². The van der Waals surface area contributed by atoms with Gasteiger partial charge in [-0.25, -0.2) is 4.57 Å². The zero-order valence-electron chi connectivity index (χ0n) is 17.1. The van der Waals surface area contributed by atoms with Crippen molar-refractivity contribution in [1.82, 2.24) is 0 Å². The van der Waals surface area contributed by atoms with Crippen LogP contribution >= 0.6 is 7.82 Å². The van der Waals surface area contributed by atoms with Crippen LogP contribution in [0, 0.1) is 0 Å². The maximum Gasteiger partial charge on any atom is 0.527 e. The van der Waals surface area contributed by atoms with E-state index < -0.39 is 7.82 Å². The molecule has 5 heteroatoms. The topological polar surface area (TPSA) is 55.8 Å². The van der Waals surface area contributed by atoms with Gasteiger partial charge in [0.25, 0.3) is 0 Å². The molecule has 0 saturated carbocycles. The fourth-order valence-electron chi connectivity index (χ4n) is 3.12. The molecule has 0 aliphatic rings. The van der Waals surface area contributed by atoms with E-state index in [9.17, 15) is 9.46 Å². The number of unbranched alkanes of at least 4 members (excludes halogenated alkanes) is 13. The summed E-state index contributed by atoms with van der Waals surface area (Å²) in [6.07, 6.45) is 17.9. The fourth-order valence-corrected chi connectivity index (χ4v) is 3.92. The maximum atomic E-state index is 11.8. The number of rotatable bonds is 18. The molecule has 1 unspecified atom stereocenters. The first-order valence-electron chi connectivity index (χ1n) is 10.9. The van der Waals surface area contributed by atoms with Gasteiger partial charge in [-0.2, -0.15) is 0 Å². The summed E-state index contributed by atoms with van der Waals surface area (Å²) in [5.74, 6) is 0.351. The molecular weight excluding hydrogens is 359 g/mol. The minimum Gasteiger partial charge on any atom is -0.404 e. The van der Waals surface area contributed by atoms with Gasteiger partial charge in [-0.05, 0) is 18.6 Å². The average Bonchev–Trinajstić information content (AvgIpc) is 2.65. The van der Waals surface area contributed by atoms with Crippen LogP contribution in [0.5, 0.6) is 5.75 Å². The molecule has 4 nitrogen and oxygen atoms in total. The number of para-hydroxylation sites is 1. The molecule has 0 heterocycles. The molecule has 1 atom stereocenters. The van der Waals surface area contributed by atoms with Gasteiger partial charge in [-0.1, -0.05) is 109 Å². The Morgan fingerprint density at radius 2 is 1.19 bits per heavy atom. The molecule has 27 heavy (non-hydrogen) atoms. The van der Waals surface area contributed by atoms with Crippen molar-refractivity contribution in [3.8, 4) is 5.75 Å². The van der Waals surface area contributed by atoms with Gasteiger partial charge in [0.1, 0.15) is 5.75 Å². The van der Waals surface area contributed by atoms with E-state index in [-0.39, 0.29) is 6.61 Å². The summed E-state index contributed by atoms with van der Waals surface area (Å²) in [4.78, 5) is 9.68. The second-order valence-electron chi connectivity index (χ2n) is 7.30. The Balaban J connectivity index is 1.85. The minimum atomic E-state index is -4.00. The molecule has 0 radical (unpaired) electrons. The minimum absolute atomic E-state index is 0.263. The summed E-state index contributed by atoms with van der Waals surface area (Å²) in [6, 6.07) is 8.61. The fraction of sp³-hybridized carbons (Fsp3) is 0.727. The van der Waals surface area contributed by atoms with Gasteiger partial charge in [0.2, 0.25) is 0 Å². The molecule has 0 spiro atoms. The highest BCUT2D eigenvalue weighted by Gasteiger charge is 2.22. The van der Waals surface area contributed by atoms with E-state index in [1.807, 2.05) is 6.07 Å². The molecule has 1 N–H and O–H groups in total. The molecule has 0 bridgehead atoms. The molecule has 1 aromatic carbocycles. The predicted molar refractivity (Wildman–Crippen MR) is 113 cm³/mol. The lowest BCUT2D eigenvalue weighted by Gasteiger charge is -2.12. The number of hydrogen-bond donors (Lipinski definition) is 1. The standard InChI is InChI=1S/C22H39O4P/c1-2-3-4-5-6-7-8-9-10-11-12-13-14-18-21-25-27(23,24)26-22-19-16-15-17-20-22/h15-17,19-20H,2-14,18,21H2,1H3,(H,23,24). The van der Waals surface area contributed by atoms with Crippen LogP contribution in [0.15, 0.2) is 30.3 Å². The zero-order chi connectivity index (χ0) is 19.6. The summed E-state index contributed by atoms with van der Waals surface area (Å²) >= 11 is 0. The van der Waals surface area contributed by atoms with Gasteiger partial charge < -0.3 is 4.52 Å². The highest BCUT2D eigenvalue weighted by Crippen LogP contribution is 2.43. The highest BCUT2D eigenvalue weighted by molar-refractivity contribution is 7.47. The van der Waals surface area contributed by atoms with Crippen LogP contribution < -0.4 is 4.52 Å². The number of phosphoric ester groups is 1. The first-order chi connectivity index (χ1) is 13.1. The lowest BCUT2D eigenvalue weighted by atomic mass is 10.0. The molecule has 0 aliphatic heterocycles. The van der Waals surface area contributed by atoms with Crippen molar-refractivity contribution in [2.24, 2.45) is 0 Å². The van der Waals surface area contributed by atoms with E-state index in [1.165, 1.54) is 70.6 Å². The summed E-state index contributed by atoms with van der Waals surface area (Å²) in [6.45, 7) is 2.52. The van der Waals surface area contributed by atoms with Crippen molar-refractivity contribution >= 4 is 7.82 Å². The Labute approximate surface area is 166 Å². The van der Waals surface area contributed by atoms with Gasteiger partial charge >= 0.3 is 7.82 Å². The second kappa shape index (κ2) is 16.2. The highest BCUT2D eigenvalue weighted by atomic mass is 31.2. The third-order valence-electron chi connectivity index (χ3n) is 4.72. The van der Waals surface area contributed by atoms with E-state index in [0.717, 1.165) is 19.3 Å². The maximum absolute atomic E-state index is 11.8. The van der Waals surface area contributed by atoms with Gasteiger partial charge in [0, 0.05) is 0 Å². The van der Waals surface area contributed by atoms with E-state index >= 15 is 0 Å².